The fourth-order valence-electron chi connectivity index (χ4n) is 3.17. The highest BCUT2D eigenvalue weighted by molar-refractivity contribution is 6.30. The highest BCUT2D eigenvalue weighted by atomic mass is 35.5. The van der Waals surface area contributed by atoms with Crippen LogP contribution >= 0.6 is 11.6 Å². The molecule has 2 rings (SSSR count). The van der Waals surface area contributed by atoms with Gasteiger partial charge in [0, 0.05) is 16.7 Å². The van der Waals surface area contributed by atoms with Crippen LogP contribution in [0.5, 0.6) is 0 Å². The standard InChI is InChI=1S/C14H19ClN2O2/c1-10-4-5-14(7-10,9-16)8-11-2-3-12(15)6-13(11)17(18)19/h2-3,6,10H,4-5,7-9,16H2,1H3. The van der Waals surface area contributed by atoms with Gasteiger partial charge in [-0.05, 0) is 43.2 Å². The molecular formula is C14H19ClN2O2. The second-order valence-corrected chi connectivity index (χ2v) is 6.20. The lowest BCUT2D eigenvalue weighted by Crippen LogP contribution is -2.30. The Bertz CT molecular complexity index is 492. The predicted molar refractivity (Wildman–Crippen MR) is 76.3 cm³/mol. The van der Waals surface area contributed by atoms with E-state index in [1.54, 1.807) is 12.1 Å². The van der Waals surface area contributed by atoms with Crippen molar-refractivity contribution in [3.05, 3.63) is 38.9 Å². The topological polar surface area (TPSA) is 69.2 Å². The third-order valence-corrected chi connectivity index (χ3v) is 4.43. The molecule has 104 valence electrons. The first-order chi connectivity index (χ1) is 8.96. The minimum absolute atomic E-state index is 0.0119. The smallest absolute Gasteiger partial charge is 0.274 e. The Balaban J connectivity index is 2.30. The quantitative estimate of drug-likeness (QED) is 0.678. The average molecular weight is 283 g/mol. The second kappa shape index (κ2) is 5.47. The molecule has 0 bridgehead atoms. The molecule has 0 aliphatic heterocycles. The summed E-state index contributed by atoms with van der Waals surface area (Å²) in [5, 5.41) is 11.5. The van der Waals surface area contributed by atoms with Crippen molar-refractivity contribution in [1.29, 1.82) is 0 Å². The number of nitro groups is 1. The van der Waals surface area contributed by atoms with E-state index < -0.39 is 0 Å². The Labute approximate surface area is 118 Å². The van der Waals surface area contributed by atoms with Crippen molar-refractivity contribution >= 4 is 17.3 Å². The zero-order valence-electron chi connectivity index (χ0n) is 11.1. The summed E-state index contributed by atoms with van der Waals surface area (Å²) in [6, 6.07) is 4.91. The molecule has 4 nitrogen and oxygen atoms in total. The molecule has 0 radical (unpaired) electrons. The van der Waals surface area contributed by atoms with Crippen molar-refractivity contribution < 1.29 is 4.92 Å². The third kappa shape index (κ3) is 3.07. The lowest BCUT2D eigenvalue weighted by molar-refractivity contribution is -0.385. The Kier molecular flexibility index (Phi) is 4.11. The fraction of sp³-hybridized carbons (Fsp3) is 0.571. The summed E-state index contributed by atoms with van der Waals surface area (Å²) in [4.78, 5) is 10.8. The van der Waals surface area contributed by atoms with Crippen molar-refractivity contribution in [2.75, 3.05) is 6.54 Å². The molecule has 2 N–H and O–H groups in total. The van der Waals surface area contributed by atoms with Gasteiger partial charge < -0.3 is 5.73 Å². The lowest BCUT2D eigenvalue weighted by atomic mass is 9.79. The Morgan fingerprint density at radius 3 is 2.84 bits per heavy atom. The fourth-order valence-corrected chi connectivity index (χ4v) is 3.34. The summed E-state index contributed by atoms with van der Waals surface area (Å²) in [6.07, 6.45) is 3.91. The van der Waals surface area contributed by atoms with Crippen molar-refractivity contribution in [1.82, 2.24) is 0 Å². The van der Waals surface area contributed by atoms with Gasteiger partial charge in [0.25, 0.3) is 5.69 Å². The number of halogens is 1. The summed E-state index contributed by atoms with van der Waals surface area (Å²) < 4.78 is 0. The van der Waals surface area contributed by atoms with Crippen LogP contribution in [0.25, 0.3) is 0 Å². The Morgan fingerprint density at radius 2 is 2.32 bits per heavy atom. The van der Waals surface area contributed by atoms with Gasteiger partial charge in [-0.3, -0.25) is 10.1 Å². The van der Waals surface area contributed by atoms with Gasteiger partial charge in [0.15, 0.2) is 0 Å². The highest BCUT2D eigenvalue weighted by Gasteiger charge is 2.37. The number of nitro benzene ring substituents is 1. The molecule has 1 aliphatic rings. The van der Waals surface area contributed by atoms with E-state index in [-0.39, 0.29) is 16.0 Å². The maximum Gasteiger partial charge on any atom is 0.274 e. The van der Waals surface area contributed by atoms with Crippen molar-refractivity contribution in [3.8, 4) is 0 Å². The minimum atomic E-state index is -0.357. The van der Waals surface area contributed by atoms with Gasteiger partial charge in [-0.15, -0.1) is 0 Å². The van der Waals surface area contributed by atoms with Gasteiger partial charge in [-0.25, -0.2) is 0 Å². The number of nitrogens with two attached hydrogens (primary N) is 1. The van der Waals surface area contributed by atoms with Gasteiger partial charge >= 0.3 is 0 Å². The molecule has 2 atom stereocenters. The average Bonchev–Trinajstić information content (AvgIpc) is 2.73. The molecule has 0 amide bonds. The monoisotopic (exact) mass is 282 g/mol. The van der Waals surface area contributed by atoms with Gasteiger partial charge in [-0.1, -0.05) is 31.0 Å². The van der Waals surface area contributed by atoms with E-state index in [2.05, 4.69) is 6.92 Å². The molecule has 0 heterocycles. The SMILES string of the molecule is CC1CCC(CN)(Cc2ccc(Cl)cc2[N+](=O)[O-])C1. The van der Waals surface area contributed by atoms with Gasteiger partial charge in [0.2, 0.25) is 0 Å². The highest BCUT2D eigenvalue weighted by Crippen LogP contribution is 2.44. The number of hydrogen-bond donors (Lipinski definition) is 1. The van der Waals surface area contributed by atoms with Crippen LogP contribution < -0.4 is 5.73 Å². The largest absolute Gasteiger partial charge is 0.330 e. The van der Waals surface area contributed by atoms with E-state index in [1.165, 1.54) is 6.07 Å². The van der Waals surface area contributed by atoms with Crippen molar-refractivity contribution in [2.24, 2.45) is 17.1 Å². The van der Waals surface area contributed by atoms with E-state index in [0.717, 1.165) is 24.8 Å². The van der Waals surface area contributed by atoms with Crippen LogP contribution in [0.2, 0.25) is 5.02 Å². The summed E-state index contributed by atoms with van der Waals surface area (Å²) in [5.74, 6) is 0.648. The van der Waals surface area contributed by atoms with Crippen molar-refractivity contribution in [3.63, 3.8) is 0 Å². The third-order valence-electron chi connectivity index (χ3n) is 4.19. The van der Waals surface area contributed by atoms with Gasteiger partial charge in [-0.2, -0.15) is 0 Å². The molecule has 1 aromatic carbocycles. The van der Waals surface area contributed by atoms with E-state index in [1.807, 2.05) is 0 Å². The lowest BCUT2D eigenvalue weighted by Gasteiger charge is -2.27. The molecule has 19 heavy (non-hydrogen) atoms. The summed E-state index contributed by atoms with van der Waals surface area (Å²) >= 11 is 5.84. The normalized spacial score (nSPS) is 26.6. The van der Waals surface area contributed by atoms with Crippen LogP contribution in [0.15, 0.2) is 18.2 Å². The maximum absolute atomic E-state index is 11.1. The first-order valence-electron chi connectivity index (χ1n) is 6.59. The number of hydrogen-bond acceptors (Lipinski definition) is 3. The summed E-state index contributed by atoms with van der Waals surface area (Å²) in [6.45, 7) is 2.80. The molecule has 0 aromatic heterocycles. The van der Waals surface area contributed by atoms with E-state index in [9.17, 15) is 10.1 Å². The molecule has 1 fully saturated rings. The molecule has 2 unspecified atom stereocenters. The van der Waals surface area contributed by atoms with E-state index in [0.29, 0.717) is 23.9 Å². The van der Waals surface area contributed by atoms with Crippen LogP contribution in [-0.2, 0) is 6.42 Å². The molecule has 1 aliphatic carbocycles. The number of benzene rings is 1. The zero-order chi connectivity index (χ0) is 14.0. The van der Waals surface area contributed by atoms with Crippen LogP contribution in [0.1, 0.15) is 31.7 Å². The first-order valence-corrected chi connectivity index (χ1v) is 6.96. The van der Waals surface area contributed by atoms with E-state index in [4.69, 9.17) is 17.3 Å². The molecule has 5 heteroatoms. The van der Waals surface area contributed by atoms with E-state index >= 15 is 0 Å². The zero-order valence-corrected chi connectivity index (χ0v) is 11.8. The molecular weight excluding hydrogens is 264 g/mol. The van der Waals surface area contributed by atoms with Gasteiger partial charge in [0.1, 0.15) is 0 Å². The molecule has 1 aromatic rings. The maximum atomic E-state index is 11.1. The van der Waals surface area contributed by atoms with Gasteiger partial charge in [0.05, 0.1) is 4.92 Å². The summed E-state index contributed by atoms with van der Waals surface area (Å²) in [7, 11) is 0. The first kappa shape index (κ1) is 14.3. The predicted octanol–water partition coefficient (Wildman–Crippen LogP) is 3.56. The second-order valence-electron chi connectivity index (χ2n) is 5.76. The molecule has 0 spiro atoms. The number of nitrogens with zero attached hydrogens (tertiary/aromatic N) is 1. The van der Waals surface area contributed by atoms with Crippen molar-refractivity contribution in [2.45, 2.75) is 32.6 Å². The van der Waals surface area contributed by atoms with Crippen LogP contribution in [-0.4, -0.2) is 11.5 Å². The molecule has 1 saturated carbocycles. The molecule has 0 saturated heterocycles. The Hall–Kier alpha value is -1.13. The number of rotatable bonds is 4. The van der Waals surface area contributed by atoms with Crippen LogP contribution in [0.4, 0.5) is 5.69 Å². The Morgan fingerprint density at radius 1 is 1.58 bits per heavy atom. The van der Waals surface area contributed by atoms with Crippen LogP contribution in [0, 0.1) is 21.4 Å². The minimum Gasteiger partial charge on any atom is -0.330 e. The summed E-state index contributed by atoms with van der Waals surface area (Å²) in [5.41, 5.74) is 6.81. The van der Waals surface area contributed by atoms with Crippen LogP contribution in [0.3, 0.4) is 0 Å².